The number of aromatic nitrogens is 1. The van der Waals surface area contributed by atoms with Gasteiger partial charge >= 0.3 is 0 Å². The van der Waals surface area contributed by atoms with Crippen LogP contribution in [-0.4, -0.2) is 16.4 Å². The van der Waals surface area contributed by atoms with Crippen molar-refractivity contribution in [1.29, 1.82) is 0 Å². The first kappa shape index (κ1) is 10.8. The summed E-state index contributed by atoms with van der Waals surface area (Å²) >= 11 is 5.59. The van der Waals surface area contributed by atoms with Crippen molar-refractivity contribution in [1.82, 2.24) is 5.16 Å². The molecule has 1 N–H and O–H groups in total. The zero-order valence-electron chi connectivity index (χ0n) is 8.44. The molecule has 0 aliphatic rings. The maximum atomic E-state index is 11.3. The molecule has 0 saturated heterocycles. The first-order valence-electron chi connectivity index (χ1n) is 4.62. The Balaban J connectivity index is 2.11. The number of alkyl halides is 1. The van der Waals surface area contributed by atoms with Gasteiger partial charge in [0.1, 0.15) is 5.38 Å². The summed E-state index contributed by atoms with van der Waals surface area (Å²) in [5.41, 5.74) is 0.516. The second kappa shape index (κ2) is 4.40. The molecule has 84 valence electrons. The average molecular weight is 241 g/mol. The lowest BCUT2D eigenvalue weighted by molar-refractivity contribution is -0.115. The molecule has 2 aromatic heterocycles. The fraction of sp³-hybridized carbons (Fsp3) is 0.200. The molecule has 2 heterocycles. The van der Waals surface area contributed by atoms with E-state index in [2.05, 4.69) is 10.5 Å². The van der Waals surface area contributed by atoms with Crippen molar-refractivity contribution >= 4 is 23.4 Å². The molecule has 2 rings (SSSR count). The number of hydrogen-bond donors (Lipinski definition) is 1. The molecular formula is C10H9ClN2O3. The number of carbonyl (C=O) groups is 1. The standard InChI is InChI=1S/C10H9ClN2O3/c1-6(11)10(14)12-9-5-7(13-16-9)8-3-2-4-15-8/h2-6H,1H3,(H,12,14). The van der Waals surface area contributed by atoms with Gasteiger partial charge in [0.15, 0.2) is 11.5 Å². The van der Waals surface area contributed by atoms with E-state index in [9.17, 15) is 4.79 Å². The Kier molecular flexibility index (Phi) is 2.96. The summed E-state index contributed by atoms with van der Waals surface area (Å²) in [6.45, 7) is 1.57. The van der Waals surface area contributed by atoms with Crippen LogP contribution in [0.4, 0.5) is 5.88 Å². The molecule has 0 aliphatic carbocycles. The highest BCUT2D eigenvalue weighted by molar-refractivity contribution is 6.32. The molecule has 0 saturated carbocycles. The summed E-state index contributed by atoms with van der Waals surface area (Å²) in [6, 6.07) is 5.05. The molecule has 0 aliphatic heterocycles. The number of nitrogens with zero attached hydrogens (tertiary/aromatic N) is 1. The summed E-state index contributed by atoms with van der Waals surface area (Å²) in [6.07, 6.45) is 1.53. The maximum Gasteiger partial charge on any atom is 0.244 e. The Labute approximate surface area is 96.4 Å². The number of halogens is 1. The van der Waals surface area contributed by atoms with Gasteiger partial charge in [0.05, 0.1) is 6.26 Å². The number of nitrogens with one attached hydrogen (secondary N) is 1. The molecule has 0 fully saturated rings. The van der Waals surface area contributed by atoms with Crippen molar-refractivity contribution in [3.8, 4) is 11.5 Å². The Bertz CT molecular complexity index is 476. The number of rotatable bonds is 3. The molecule has 1 unspecified atom stereocenters. The molecule has 16 heavy (non-hydrogen) atoms. The van der Waals surface area contributed by atoms with Gasteiger partial charge in [-0.2, -0.15) is 0 Å². The van der Waals surface area contributed by atoms with E-state index in [1.54, 1.807) is 25.1 Å². The van der Waals surface area contributed by atoms with Crippen LogP contribution in [0, 0.1) is 0 Å². The summed E-state index contributed by atoms with van der Waals surface area (Å²) in [5.74, 6) is 0.468. The van der Waals surface area contributed by atoms with Crippen molar-refractivity contribution in [2.24, 2.45) is 0 Å². The van der Waals surface area contributed by atoms with E-state index in [1.165, 1.54) is 6.26 Å². The van der Waals surface area contributed by atoms with Crippen molar-refractivity contribution in [3.63, 3.8) is 0 Å². The zero-order chi connectivity index (χ0) is 11.5. The van der Waals surface area contributed by atoms with Crippen LogP contribution in [0.5, 0.6) is 0 Å². The van der Waals surface area contributed by atoms with Crippen LogP contribution in [0.2, 0.25) is 0 Å². The van der Waals surface area contributed by atoms with E-state index in [0.29, 0.717) is 11.5 Å². The summed E-state index contributed by atoms with van der Waals surface area (Å²) < 4.78 is 10.0. The van der Waals surface area contributed by atoms with Crippen LogP contribution < -0.4 is 5.32 Å². The lowest BCUT2D eigenvalue weighted by Crippen LogP contribution is -2.19. The topological polar surface area (TPSA) is 68.3 Å². The van der Waals surface area contributed by atoms with E-state index >= 15 is 0 Å². The van der Waals surface area contributed by atoms with Crippen LogP contribution in [0.25, 0.3) is 11.5 Å². The van der Waals surface area contributed by atoms with E-state index in [0.717, 1.165) is 0 Å². The quantitative estimate of drug-likeness (QED) is 0.837. The minimum Gasteiger partial charge on any atom is -0.463 e. The van der Waals surface area contributed by atoms with Gasteiger partial charge in [0.25, 0.3) is 0 Å². The minimum absolute atomic E-state index is 0.240. The normalized spacial score (nSPS) is 12.4. The molecule has 0 aromatic carbocycles. The van der Waals surface area contributed by atoms with Crippen molar-refractivity contribution in [2.45, 2.75) is 12.3 Å². The molecule has 5 nitrogen and oxygen atoms in total. The lowest BCUT2D eigenvalue weighted by atomic mass is 10.3. The molecule has 0 radical (unpaired) electrons. The van der Waals surface area contributed by atoms with E-state index in [4.69, 9.17) is 20.5 Å². The molecule has 1 atom stereocenters. The fourth-order valence-corrected chi connectivity index (χ4v) is 1.15. The Morgan fingerprint density at radius 3 is 3.06 bits per heavy atom. The average Bonchev–Trinajstić information content (AvgIpc) is 2.85. The van der Waals surface area contributed by atoms with Gasteiger partial charge in [-0.1, -0.05) is 5.16 Å². The highest BCUT2D eigenvalue weighted by Crippen LogP contribution is 2.21. The van der Waals surface area contributed by atoms with E-state index in [-0.39, 0.29) is 11.8 Å². The van der Waals surface area contributed by atoms with Crippen LogP contribution in [0.3, 0.4) is 0 Å². The largest absolute Gasteiger partial charge is 0.463 e. The van der Waals surface area contributed by atoms with Crippen LogP contribution in [-0.2, 0) is 4.79 Å². The number of amides is 1. The van der Waals surface area contributed by atoms with Crippen LogP contribution in [0.1, 0.15) is 6.92 Å². The Morgan fingerprint density at radius 1 is 1.62 bits per heavy atom. The van der Waals surface area contributed by atoms with Gasteiger partial charge in [-0.15, -0.1) is 11.6 Å². The predicted octanol–water partition coefficient (Wildman–Crippen LogP) is 2.50. The molecular weight excluding hydrogens is 232 g/mol. The third-order valence-corrected chi connectivity index (χ3v) is 2.09. The van der Waals surface area contributed by atoms with Gasteiger partial charge < -0.3 is 8.94 Å². The summed E-state index contributed by atoms with van der Waals surface area (Å²) in [7, 11) is 0. The SMILES string of the molecule is CC(Cl)C(=O)Nc1cc(-c2ccco2)no1. The van der Waals surface area contributed by atoms with Gasteiger partial charge in [-0.3, -0.25) is 10.1 Å². The molecule has 2 aromatic rings. The van der Waals surface area contributed by atoms with Crippen molar-refractivity contribution in [3.05, 3.63) is 24.5 Å². The van der Waals surface area contributed by atoms with Gasteiger partial charge in [-0.25, -0.2) is 0 Å². The monoisotopic (exact) mass is 240 g/mol. The maximum absolute atomic E-state index is 11.3. The van der Waals surface area contributed by atoms with Crippen LogP contribution >= 0.6 is 11.6 Å². The van der Waals surface area contributed by atoms with Crippen LogP contribution in [0.15, 0.2) is 33.4 Å². The highest BCUT2D eigenvalue weighted by atomic mass is 35.5. The lowest BCUT2D eigenvalue weighted by Gasteiger charge is -2.00. The second-order valence-electron chi connectivity index (χ2n) is 3.16. The first-order chi connectivity index (χ1) is 7.66. The summed E-state index contributed by atoms with van der Waals surface area (Å²) in [5, 5.41) is 5.60. The van der Waals surface area contributed by atoms with E-state index in [1.807, 2.05) is 0 Å². The zero-order valence-corrected chi connectivity index (χ0v) is 9.19. The number of furan rings is 1. The highest BCUT2D eigenvalue weighted by Gasteiger charge is 2.14. The van der Waals surface area contributed by atoms with Gasteiger partial charge in [0, 0.05) is 6.07 Å². The van der Waals surface area contributed by atoms with Crippen molar-refractivity contribution in [2.75, 3.05) is 5.32 Å². The number of anilines is 1. The van der Waals surface area contributed by atoms with Gasteiger partial charge in [0.2, 0.25) is 11.8 Å². The number of carbonyl (C=O) groups excluding carboxylic acids is 1. The second-order valence-corrected chi connectivity index (χ2v) is 3.81. The molecule has 6 heteroatoms. The van der Waals surface area contributed by atoms with Crippen molar-refractivity contribution < 1.29 is 13.7 Å². The molecule has 1 amide bonds. The molecule has 0 bridgehead atoms. The minimum atomic E-state index is -0.628. The third-order valence-electron chi connectivity index (χ3n) is 1.89. The number of hydrogen-bond acceptors (Lipinski definition) is 4. The third kappa shape index (κ3) is 2.25. The summed E-state index contributed by atoms with van der Waals surface area (Å²) in [4.78, 5) is 11.3. The van der Waals surface area contributed by atoms with Gasteiger partial charge in [-0.05, 0) is 19.1 Å². The Morgan fingerprint density at radius 2 is 2.44 bits per heavy atom. The molecule has 0 spiro atoms. The predicted molar refractivity (Wildman–Crippen MR) is 58.1 cm³/mol. The fourth-order valence-electron chi connectivity index (χ4n) is 1.10. The van der Waals surface area contributed by atoms with E-state index < -0.39 is 5.38 Å². The smallest absolute Gasteiger partial charge is 0.244 e. The first-order valence-corrected chi connectivity index (χ1v) is 5.06. The Hall–Kier alpha value is -1.75.